The second-order valence-electron chi connectivity index (χ2n) is 6.10. The van der Waals surface area contributed by atoms with Crippen LogP contribution in [0.25, 0.3) is 16.0 Å². The van der Waals surface area contributed by atoms with Crippen LogP contribution in [0.3, 0.4) is 0 Å². The average Bonchev–Trinajstić information content (AvgIpc) is 2.79. The number of aryl methyl sites for hydroxylation is 1. The third-order valence-electron chi connectivity index (χ3n) is 3.94. The minimum Gasteiger partial charge on any atom is -0.268 e. The van der Waals surface area contributed by atoms with Crippen molar-refractivity contribution >= 4 is 39.1 Å². The third-order valence-corrected chi connectivity index (χ3v) is 6.61. The molecule has 4 heterocycles. The fourth-order valence-corrected chi connectivity index (χ4v) is 5.13. The van der Waals surface area contributed by atoms with Crippen molar-refractivity contribution in [3.63, 3.8) is 0 Å². The van der Waals surface area contributed by atoms with E-state index in [9.17, 15) is 9.59 Å². The van der Waals surface area contributed by atoms with Gasteiger partial charge in [-0.25, -0.2) is 14.5 Å². The first-order valence-electron chi connectivity index (χ1n) is 6.94. The molecule has 0 fully saturated rings. The van der Waals surface area contributed by atoms with Gasteiger partial charge in [-0.3, -0.25) is 9.59 Å². The summed E-state index contributed by atoms with van der Waals surface area (Å²) in [4.78, 5) is 31.5. The zero-order valence-electron chi connectivity index (χ0n) is 12.4. The highest BCUT2D eigenvalue weighted by Crippen LogP contribution is 2.43. The van der Waals surface area contributed by atoms with Gasteiger partial charge >= 0.3 is 0 Å². The quantitative estimate of drug-likeness (QED) is 0.679. The number of hydrogen-bond acceptors (Lipinski definition) is 6. The van der Waals surface area contributed by atoms with Crippen LogP contribution in [0, 0.1) is 6.92 Å². The van der Waals surface area contributed by atoms with Gasteiger partial charge in [0.25, 0.3) is 11.1 Å². The van der Waals surface area contributed by atoms with Crippen LogP contribution in [0.2, 0.25) is 0 Å². The van der Waals surface area contributed by atoms with E-state index in [0.717, 1.165) is 22.1 Å². The molecular weight excluding hydrogens is 320 g/mol. The molecular formula is C14H14N4O2S2. The van der Waals surface area contributed by atoms with Crippen LogP contribution in [0.4, 0.5) is 0 Å². The fraction of sp³-hybridized carbons (Fsp3) is 0.429. The molecule has 1 N–H and O–H groups in total. The van der Waals surface area contributed by atoms with E-state index in [-0.39, 0.29) is 21.8 Å². The number of fused-ring (bicyclic) bond motifs is 4. The predicted molar refractivity (Wildman–Crippen MR) is 89.1 cm³/mol. The Balaban J connectivity index is 2.17. The monoisotopic (exact) mass is 334 g/mol. The van der Waals surface area contributed by atoms with E-state index in [4.69, 9.17) is 0 Å². The molecule has 0 saturated heterocycles. The van der Waals surface area contributed by atoms with Crippen LogP contribution in [-0.2, 0) is 12.2 Å². The summed E-state index contributed by atoms with van der Waals surface area (Å²) in [5.74, 6) is 1.09. The summed E-state index contributed by atoms with van der Waals surface area (Å²) in [6, 6.07) is 0. The molecule has 0 aromatic carbocycles. The first-order chi connectivity index (χ1) is 10.4. The van der Waals surface area contributed by atoms with Crippen molar-refractivity contribution in [2.45, 2.75) is 37.7 Å². The second-order valence-corrected chi connectivity index (χ2v) is 8.87. The van der Waals surface area contributed by atoms with Gasteiger partial charge in [-0.05, 0) is 18.9 Å². The van der Waals surface area contributed by atoms with E-state index >= 15 is 0 Å². The molecule has 0 spiro atoms. The summed E-state index contributed by atoms with van der Waals surface area (Å²) in [5.41, 5.74) is 0.629. The van der Waals surface area contributed by atoms with Gasteiger partial charge in [0.1, 0.15) is 10.5 Å². The summed E-state index contributed by atoms with van der Waals surface area (Å²) in [6.45, 7) is 5.94. The topological polar surface area (TPSA) is 80.1 Å². The third kappa shape index (κ3) is 1.87. The zero-order chi connectivity index (χ0) is 15.6. The summed E-state index contributed by atoms with van der Waals surface area (Å²) in [6.07, 6.45) is 0.817. The summed E-state index contributed by atoms with van der Waals surface area (Å²) < 4.78 is 1.19. The number of aromatic amines is 1. The number of hydrogen-bond donors (Lipinski definition) is 1. The van der Waals surface area contributed by atoms with E-state index in [0.29, 0.717) is 10.2 Å². The molecule has 114 valence electrons. The molecule has 1 aliphatic rings. The van der Waals surface area contributed by atoms with Gasteiger partial charge in [-0.1, -0.05) is 13.8 Å². The van der Waals surface area contributed by atoms with Crippen LogP contribution in [0.15, 0.2) is 9.59 Å². The van der Waals surface area contributed by atoms with Gasteiger partial charge in [0.05, 0.1) is 5.39 Å². The molecule has 0 saturated carbocycles. The van der Waals surface area contributed by atoms with Crippen LogP contribution >= 0.6 is 23.1 Å². The summed E-state index contributed by atoms with van der Waals surface area (Å²) >= 11 is 3.43. The standard InChI is InChI=1S/C14H14N4O2S2/c1-6-11(19)18-12(20)9-7-4-14(2,3)21-5-8(7)22-10(9)15-13(18)17-16-6/h4-5H2,1-3H3,(H,15,17). The molecule has 22 heavy (non-hydrogen) atoms. The number of aromatic nitrogens is 4. The number of nitrogens with zero attached hydrogens (tertiary/aromatic N) is 3. The molecule has 3 aromatic heterocycles. The lowest BCUT2D eigenvalue weighted by Crippen LogP contribution is -2.31. The normalized spacial score (nSPS) is 17.0. The highest BCUT2D eigenvalue weighted by atomic mass is 32.2. The van der Waals surface area contributed by atoms with Crippen molar-refractivity contribution in [3.05, 3.63) is 36.8 Å². The van der Waals surface area contributed by atoms with Gasteiger partial charge in [-0.2, -0.15) is 5.10 Å². The van der Waals surface area contributed by atoms with E-state index in [1.54, 1.807) is 18.3 Å². The Morgan fingerprint density at radius 3 is 2.82 bits per heavy atom. The van der Waals surface area contributed by atoms with E-state index in [1.165, 1.54) is 4.88 Å². The minimum atomic E-state index is -0.405. The Hall–Kier alpha value is -1.67. The Labute approximate surface area is 133 Å². The van der Waals surface area contributed by atoms with Crippen molar-refractivity contribution in [2.75, 3.05) is 0 Å². The Morgan fingerprint density at radius 2 is 2.05 bits per heavy atom. The smallest absolute Gasteiger partial charge is 0.268 e. The molecule has 8 heteroatoms. The first-order valence-corrected chi connectivity index (χ1v) is 8.74. The summed E-state index contributed by atoms with van der Waals surface area (Å²) in [7, 11) is 0. The minimum absolute atomic E-state index is 0.0909. The number of thioether (sulfide) groups is 1. The summed E-state index contributed by atoms with van der Waals surface area (Å²) in [5, 5.41) is 7.19. The lowest BCUT2D eigenvalue weighted by atomic mass is 10.00. The maximum absolute atomic E-state index is 12.9. The largest absolute Gasteiger partial charge is 0.283 e. The molecule has 4 rings (SSSR count). The molecule has 0 atom stereocenters. The van der Waals surface area contributed by atoms with Gasteiger partial charge in [0, 0.05) is 15.4 Å². The van der Waals surface area contributed by atoms with Crippen LogP contribution in [0.1, 0.15) is 30.0 Å². The molecule has 1 aliphatic heterocycles. The highest BCUT2D eigenvalue weighted by Gasteiger charge is 2.30. The van der Waals surface area contributed by atoms with E-state index in [1.807, 2.05) is 11.8 Å². The van der Waals surface area contributed by atoms with Crippen molar-refractivity contribution in [1.29, 1.82) is 0 Å². The van der Waals surface area contributed by atoms with Crippen LogP contribution in [0.5, 0.6) is 0 Å². The molecule has 0 aliphatic carbocycles. The van der Waals surface area contributed by atoms with Crippen molar-refractivity contribution < 1.29 is 0 Å². The fourth-order valence-electron chi connectivity index (χ4n) is 2.80. The number of nitrogens with one attached hydrogen (secondary N) is 1. The van der Waals surface area contributed by atoms with E-state index in [2.05, 4.69) is 29.0 Å². The number of rotatable bonds is 0. The Morgan fingerprint density at radius 1 is 1.27 bits per heavy atom. The lowest BCUT2D eigenvalue weighted by Gasteiger charge is -2.28. The van der Waals surface area contributed by atoms with Crippen molar-refractivity contribution in [1.82, 2.24) is 19.6 Å². The highest BCUT2D eigenvalue weighted by molar-refractivity contribution is 8.00. The number of thiophene rings is 1. The molecule has 0 bridgehead atoms. The maximum atomic E-state index is 12.9. The van der Waals surface area contributed by atoms with Gasteiger partial charge < -0.3 is 0 Å². The Bertz CT molecular complexity index is 1040. The van der Waals surface area contributed by atoms with Gasteiger partial charge in [0.2, 0.25) is 5.78 Å². The van der Waals surface area contributed by atoms with Gasteiger partial charge in [0.15, 0.2) is 0 Å². The molecule has 0 radical (unpaired) electrons. The molecule has 6 nitrogen and oxygen atoms in total. The maximum Gasteiger partial charge on any atom is 0.283 e. The molecule has 0 unspecified atom stereocenters. The van der Waals surface area contributed by atoms with Crippen molar-refractivity contribution in [2.24, 2.45) is 0 Å². The molecule has 0 amide bonds. The van der Waals surface area contributed by atoms with Crippen LogP contribution in [-0.4, -0.2) is 24.3 Å². The predicted octanol–water partition coefficient (Wildman–Crippen LogP) is 1.87. The number of H-pyrrole nitrogens is 1. The average molecular weight is 334 g/mol. The first kappa shape index (κ1) is 14.0. The van der Waals surface area contributed by atoms with E-state index < -0.39 is 5.56 Å². The van der Waals surface area contributed by atoms with Crippen LogP contribution < -0.4 is 11.1 Å². The molecule has 3 aromatic rings. The van der Waals surface area contributed by atoms with Gasteiger partial charge in [-0.15, -0.1) is 23.1 Å². The Kier molecular flexibility index (Phi) is 2.80. The SMILES string of the molecule is Cc1n[nH]c2nc3sc4c(c3c(=O)n2c1=O)CC(C)(C)SC4. The second kappa shape index (κ2) is 4.42. The lowest BCUT2D eigenvalue weighted by molar-refractivity contribution is 0.699. The zero-order valence-corrected chi connectivity index (χ0v) is 14.0. The van der Waals surface area contributed by atoms with Crippen molar-refractivity contribution in [3.8, 4) is 0 Å².